The third kappa shape index (κ3) is 4.39. The van der Waals surface area contributed by atoms with E-state index in [1.807, 2.05) is 11.8 Å². The summed E-state index contributed by atoms with van der Waals surface area (Å²) in [6, 6.07) is 13.0. The van der Waals surface area contributed by atoms with Crippen molar-refractivity contribution in [2.45, 2.75) is 31.4 Å². The van der Waals surface area contributed by atoms with Crippen molar-refractivity contribution in [3.05, 3.63) is 52.2 Å². The zero-order valence-electron chi connectivity index (χ0n) is 10.8. The Kier molecular flexibility index (Phi) is 5.14. The molecule has 0 saturated carbocycles. The molecule has 96 valence electrons. The predicted molar refractivity (Wildman–Crippen MR) is 84.5 cm³/mol. The number of benzene rings is 1. The number of thiophene rings is 1. The van der Waals surface area contributed by atoms with Gasteiger partial charge in [-0.05, 0) is 34.4 Å². The van der Waals surface area contributed by atoms with Crippen LogP contribution in [0.4, 0.5) is 5.69 Å². The van der Waals surface area contributed by atoms with E-state index in [0.717, 1.165) is 12.3 Å². The third-order valence-corrected chi connectivity index (χ3v) is 4.63. The molecule has 0 aliphatic carbocycles. The minimum atomic E-state index is 0.696. The fourth-order valence-corrected chi connectivity index (χ4v) is 2.95. The smallest absolute Gasteiger partial charge is 0.0494 e. The lowest BCUT2D eigenvalue weighted by atomic mass is 10.2. The molecule has 3 heteroatoms. The van der Waals surface area contributed by atoms with Gasteiger partial charge in [0.1, 0.15) is 0 Å². The lowest BCUT2D eigenvalue weighted by Gasteiger charge is -2.07. The van der Waals surface area contributed by atoms with Crippen LogP contribution >= 0.6 is 23.1 Å². The summed E-state index contributed by atoms with van der Waals surface area (Å²) in [6.45, 7) is 5.39. The fraction of sp³-hybridized carbons (Fsp3) is 0.333. The molecule has 0 fully saturated rings. The van der Waals surface area contributed by atoms with Crippen LogP contribution in [-0.2, 0) is 12.3 Å². The Morgan fingerprint density at radius 3 is 2.56 bits per heavy atom. The first-order valence-electron chi connectivity index (χ1n) is 6.21. The van der Waals surface area contributed by atoms with Crippen molar-refractivity contribution in [1.82, 2.24) is 0 Å². The third-order valence-electron chi connectivity index (χ3n) is 2.58. The van der Waals surface area contributed by atoms with Gasteiger partial charge >= 0.3 is 0 Å². The number of thioether (sulfide) groups is 1. The van der Waals surface area contributed by atoms with E-state index < -0.39 is 0 Å². The van der Waals surface area contributed by atoms with Gasteiger partial charge in [0, 0.05) is 22.9 Å². The SMILES string of the molecule is CC(C)SCc1ccc(NCc2cccs2)cc1. The van der Waals surface area contributed by atoms with Gasteiger partial charge in [-0.2, -0.15) is 11.8 Å². The van der Waals surface area contributed by atoms with Gasteiger partial charge in [0.05, 0.1) is 0 Å². The number of hydrogen-bond acceptors (Lipinski definition) is 3. The number of anilines is 1. The van der Waals surface area contributed by atoms with Gasteiger partial charge < -0.3 is 5.32 Å². The lowest BCUT2D eigenvalue weighted by Crippen LogP contribution is -1.97. The van der Waals surface area contributed by atoms with Crippen molar-refractivity contribution < 1.29 is 0 Å². The average Bonchev–Trinajstić information content (AvgIpc) is 2.88. The van der Waals surface area contributed by atoms with E-state index in [2.05, 4.69) is 60.9 Å². The van der Waals surface area contributed by atoms with Gasteiger partial charge in [0.2, 0.25) is 0 Å². The Morgan fingerprint density at radius 2 is 1.94 bits per heavy atom. The molecule has 1 nitrogen and oxygen atoms in total. The molecule has 0 aliphatic rings. The zero-order valence-corrected chi connectivity index (χ0v) is 12.5. The molecule has 0 unspecified atom stereocenters. The van der Waals surface area contributed by atoms with Crippen LogP contribution in [0.1, 0.15) is 24.3 Å². The van der Waals surface area contributed by atoms with E-state index in [-0.39, 0.29) is 0 Å². The van der Waals surface area contributed by atoms with Crippen LogP contribution < -0.4 is 5.32 Å². The quantitative estimate of drug-likeness (QED) is 0.797. The highest BCUT2D eigenvalue weighted by Crippen LogP contribution is 2.19. The molecule has 1 aromatic heterocycles. The van der Waals surface area contributed by atoms with Gasteiger partial charge in [-0.25, -0.2) is 0 Å². The highest BCUT2D eigenvalue weighted by atomic mass is 32.2. The summed E-state index contributed by atoms with van der Waals surface area (Å²) in [7, 11) is 0. The van der Waals surface area contributed by atoms with Crippen LogP contribution in [0.3, 0.4) is 0 Å². The Balaban J connectivity index is 1.83. The van der Waals surface area contributed by atoms with Crippen LogP contribution in [0.5, 0.6) is 0 Å². The summed E-state index contributed by atoms with van der Waals surface area (Å²) in [5.74, 6) is 1.10. The normalized spacial score (nSPS) is 10.8. The van der Waals surface area contributed by atoms with Gasteiger partial charge in [-0.15, -0.1) is 11.3 Å². The maximum absolute atomic E-state index is 3.44. The molecule has 0 radical (unpaired) electrons. The van der Waals surface area contributed by atoms with Crippen LogP contribution in [0.25, 0.3) is 0 Å². The van der Waals surface area contributed by atoms with Crippen molar-refractivity contribution >= 4 is 28.8 Å². The topological polar surface area (TPSA) is 12.0 Å². The zero-order chi connectivity index (χ0) is 12.8. The first-order chi connectivity index (χ1) is 8.74. The van der Waals surface area contributed by atoms with E-state index in [1.165, 1.54) is 16.1 Å². The second kappa shape index (κ2) is 6.86. The molecule has 0 aliphatic heterocycles. The molecule has 0 spiro atoms. The first-order valence-corrected chi connectivity index (χ1v) is 8.13. The summed E-state index contributed by atoms with van der Waals surface area (Å²) in [4.78, 5) is 1.37. The van der Waals surface area contributed by atoms with Crippen LogP contribution in [0.2, 0.25) is 0 Å². The minimum Gasteiger partial charge on any atom is -0.380 e. The lowest BCUT2D eigenvalue weighted by molar-refractivity contribution is 1.11. The molecule has 2 rings (SSSR count). The van der Waals surface area contributed by atoms with E-state index in [9.17, 15) is 0 Å². The van der Waals surface area contributed by atoms with Crippen LogP contribution in [-0.4, -0.2) is 5.25 Å². The molecule has 1 aromatic carbocycles. The van der Waals surface area contributed by atoms with Crippen molar-refractivity contribution in [3.8, 4) is 0 Å². The summed E-state index contributed by atoms with van der Waals surface area (Å²) < 4.78 is 0. The molecule has 0 bridgehead atoms. The predicted octanol–water partition coefficient (Wildman–Crippen LogP) is 5.00. The Labute approximate surface area is 118 Å². The average molecular weight is 277 g/mol. The standard InChI is InChI=1S/C15H19NS2/c1-12(2)18-11-13-5-7-14(8-6-13)16-10-15-4-3-9-17-15/h3-9,12,16H,10-11H2,1-2H3. The van der Waals surface area contributed by atoms with Crippen molar-refractivity contribution in [2.75, 3.05) is 5.32 Å². The molecule has 1 heterocycles. The summed E-state index contributed by atoms with van der Waals surface area (Å²) in [5.41, 5.74) is 2.59. The van der Waals surface area contributed by atoms with Crippen molar-refractivity contribution in [2.24, 2.45) is 0 Å². The van der Waals surface area contributed by atoms with E-state index >= 15 is 0 Å². The number of nitrogens with one attached hydrogen (secondary N) is 1. The van der Waals surface area contributed by atoms with Crippen molar-refractivity contribution in [3.63, 3.8) is 0 Å². The van der Waals surface area contributed by atoms with E-state index in [1.54, 1.807) is 11.3 Å². The maximum Gasteiger partial charge on any atom is 0.0494 e. The molecule has 18 heavy (non-hydrogen) atoms. The molecule has 2 aromatic rings. The second-order valence-corrected chi connectivity index (χ2v) is 7.09. The number of rotatable bonds is 6. The Hall–Kier alpha value is -0.930. The minimum absolute atomic E-state index is 0.696. The van der Waals surface area contributed by atoms with E-state index in [0.29, 0.717) is 5.25 Å². The Morgan fingerprint density at radius 1 is 1.17 bits per heavy atom. The largest absolute Gasteiger partial charge is 0.380 e. The molecule has 0 amide bonds. The van der Waals surface area contributed by atoms with Crippen molar-refractivity contribution in [1.29, 1.82) is 0 Å². The van der Waals surface area contributed by atoms with Gasteiger partial charge in [0.25, 0.3) is 0 Å². The van der Waals surface area contributed by atoms with Crippen LogP contribution in [0, 0.1) is 0 Å². The molecule has 0 atom stereocenters. The Bertz CT molecular complexity index is 446. The highest BCUT2D eigenvalue weighted by Gasteiger charge is 1.98. The second-order valence-electron chi connectivity index (χ2n) is 4.49. The summed E-state index contributed by atoms with van der Waals surface area (Å²) >= 11 is 3.77. The molecular formula is C15H19NS2. The number of hydrogen-bond donors (Lipinski definition) is 1. The van der Waals surface area contributed by atoms with E-state index in [4.69, 9.17) is 0 Å². The van der Waals surface area contributed by atoms with Gasteiger partial charge in [-0.1, -0.05) is 32.0 Å². The molecule has 1 N–H and O–H groups in total. The maximum atomic E-state index is 3.44. The summed E-state index contributed by atoms with van der Waals surface area (Å²) in [5, 5.41) is 6.25. The summed E-state index contributed by atoms with van der Waals surface area (Å²) in [6.07, 6.45) is 0. The monoisotopic (exact) mass is 277 g/mol. The molecular weight excluding hydrogens is 258 g/mol. The molecule has 0 saturated heterocycles. The van der Waals surface area contributed by atoms with Gasteiger partial charge in [0.15, 0.2) is 0 Å². The fourth-order valence-electron chi connectivity index (χ4n) is 1.58. The highest BCUT2D eigenvalue weighted by molar-refractivity contribution is 7.99. The van der Waals surface area contributed by atoms with Gasteiger partial charge in [-0.3, -0.25) is 0 Å². The first kappa shape index (κ1) is 13.5. The van der Waals surface area contributed by atoms with Crippen LogP contribution in [0.15, 0.2) is 41.8 Å².